The van der Waals surface area contributed by atoms with Crippen LogP contribution in [0.5, 0.6) is 0 Å². The molecular weight excluding hydrogens is 260 g/mol. The van der Waals surface area contributed by atoms with E-state index >= 15 is 0 Å². The number of carbonyl (C=O) groups excluding carboxylic acids is 2. The number of rotatable bonds is 4. The first-order valence-electron chi connectivity index (χ1n) is 5.87. The minimum Gasteiger partial charge on any atom is -0.465 e. The lowest BCUT2D eigenvalue weighted by molar-refractivity contribution is 0.0598. The molecule has 2 rings (SSSR count). The maximum Gasteiger partial charge on any atom is 0.339 e. The van der Waals surface area contributed by atoms with Crippen LogP contribution in [0, 0.1) is 6.92 Å². The number of hydrogen-bond donors (Lipinski definition) is 0. The number of thiophene rings is 1. The summed E-state index contributed by atoms with van der Waals surface area (Å²) in [5.41, 5.74) is 1.31. The van der Waals surface area contributed by atoms with E-state index in [1.54, 1.807) is 6.07 Å². The molecule has 0 bridgehead atoms. The number of esters is 1. The van der Waals surface area contributed by atoms with Gasteiger partial charge < -0.3 is 4.74 Å². The Bertz CT molecular complexity index is 599. The monoisotopic (exact) mass is 274 g/mol. The standard InChI is InChI=1S/C15H14O3S/c1-10-8-12(15(17)18-2)14(19-10)13(16)9-11-6-4-3-5-7-11/h3-8H,9H2,1-2H3. The van der Waals surface area contributed by atoms with Crippen molar-refractivity contribution < 1.29 is 14.3 Å². The molecule has 0 radical (unpaired) electrons. The number of ketones is 1. The lowest BCUT2D eigenvalue weighted by Crippen LogP contribution is -2.09. The van der Waals surface area contributed by atoms with Gasteiger partial charge in [-0.3, -0.25) is 4.79 Å². The molecule has 0 aliphatic rings. The molecule has 0 aliphatic carbocycles. The molecule has 1 aromatic carbocycles. The molecule has 1 aromatic heterocycles. The Morgan fingerprint density at radius 1 is 1.21 bits per heavy atom. The first kappa shape index (κ1) is 13.5. The summed E-state index contributed by atoms with van der Waals surface area (Å²) in [7, 11) is 1.32. The van der Waals surface area contributed by atoms with Gasteiger partial charge in [-0.25, -0.2) is 4.79 Å². The van der Waals surface area contributed by atoms with Crippen molar-refractivity contribution in [2.24, 2.45) is 0 Å². The Hall–Kier alpha value is -1.94. The predicted molar refractivity (Wildman–Crippen MR) is 74.9 cm³/mol. The molecule has 4 heteroatoms. The average molecular weight is 274 g/mol. The van der Waals surface area contributed by atoms with Crippen LogP contribution in [0.3, 0.4) is 0 Å². The molecule has 2 aromatic rings. The summed E-state index contributed by atoms with van der Waals surface area (Å²) in [6.45, 7) is 1.87. The second-order valence-corrected chi connectivity index (χ2v) is 5.43. The zero-order valence-electron chi connectivity index (χ0n) is 10.8. The number of Topliss-reactive ketones (excluding diaryl/α,β-unsaturated/α-hetero) is 1. The molecule has 0 N–H and O–H groups in total. The maximum atomic E-state index is 12.3. The molecule has 98 valence electrons. The SMILES string of the molecule is COC(=O)c1cc(C)sc1C(=O)Cc1ccccc1. The van der Waals surface area contributed by atoms with Crippen molar-refractivity contribution in [1.82, 2.24) is 0 Å². The summed E-state index contributed by atoms with van der Waals surface area (Å²) in [5.74, 6) is -0.509. The zero-order chi connectivity index (χ0) is 13.8. The number of hydrogen-bond acceptors (Lipinski definition) is 4. The van der Waals surface area contributed by atoms with Gasteiger partial charge in [0, 0.05) is 11.3 Å². The van der Waals surface area contributed by atoms with Crippen LogP contribution in [-0.4, -0.2) is 18.9 Å². The highest BCUT2D eigenvalue weighted by molar-refractivity contribution is 7.14. The topological polar surface area (TPSA) is 43.4 Å². The molecule has 0 saturated carbocycles. The van der Waals surface area contributed by atoms with Crippen molar-refractivity contribution in [3.8, 4) is 0 Å². The van der Waals surface area contributed by atoms with Crippen LogP contribution in [0.4, 0.5) is 0 Å². The predicted octanol–water partition coefficient (Wildman–Crippen LogP) is 3.27. The maximum absolute atomic E-state index is 12.3. The van der Waals surface area contributed by atoms with Gasteiger partial charge in [0.15, 0.2) is 5.78 Å². The van der Waals surface area contributed by atoms with Gasteiger partial charge in [0.2, 0.25) is 0 Å². The van der Waals surface area contributed by atoms with Gasteiger partial charge in [-0.2, -0.15) is 0 Å². The largest absolute Gasteiger partial charge is 0.465 e. The van der Waals surface area contributed by atoms with Gasteiger partial charge in [0.1, 0.15) is 0 Å². The van der Waals surface area contributed by atoms with Crippen molar-refractivity contribution in [1.29, 1.82) is 0 Å². The third kappa shape index (κ3) is 3.09. The highest BCUT2D eigenvalue weighted by atomic mass is 32.1. The number of carbonyl (C=O) groups is 2. The molecule has 0 aliphatic heterocycles. The van der Waals surface area contributed by atoms with E-state index in [9.17, 15) is 9.59 Å². The number of benzene rings is 1. The molecule has 3 nitrogen and oxygen atoms in total. The number of aryl methyl sites for hydroxylation is 1. The summed E-state index contributed by atoms with van der Waals surface area (Å²) >= 11 is 1.34. The van der Waals surface area contributed by atoms with Crippen molar-refractivity contribution in [2.75, 3.05) is 7.11 Å². The molecule has 0 spiro atoms. The van der Waals surface area contributed by atoms with Gasteiger partial charge in [0.05, 0.1) is 17.6 Å². The van der Waals surface area contributed by atoms with Crippen LogP contribution in [-0.2, 0) is 11.2 Å². The highest BCUT2D eigenvalue weighted by Gasteiger charge is 2.20. The van der Waals surface area contributed by atoms with Crippen LogP contribution in [0.1, 0.15) is 30.5 Å². The Labute approximate surface area is 115 Å². The van der Waals surface area contributed by atoms with Crippen molar-refractivity contribution >= 4 is 23.1 Å². The first-order chi connectivity index (χ1) is 9.11. The van der Waals surface area contributed by atoms with Gasteiger partial charge in [-0.1, -0.05) is 30.3 Å². The minimum absolute atomic E-state index is 0.0512. The van der Waals surface area contributed by atoms with Gasteiger partial charge in [-0.05, 0) is 18.6 Å². The fraction of sp³-hybridized carbons (Fsp3) is 0.200. The fourth-order valence-electron chi connectivity index (χ4n) is 1.84. The van der Waals surface area contributed by atoms with E-state index in [2.05, 4.69) is 0 Å². The molecule has 0 atom stereocenters. The van der Waals surface area contributed by atoms with Crippen LogP contribution in [0.15, 0.2) is 36.4 Å². The van der Waals surface area contributed by atoms with Crippen LogP contribution in [0.25, 0.3) is 0 Å². The van der Waals surface area contributed by atoms with E-state index < -0.39 is 5.97 Å². The molecule has 19 heavy (non-hydrogen) atoms. The molecular formula is C15H14O3S. The van der Waals surface area contributed by atoms with E-state index in [1.165, 1.54) is 18.4 Å². The average Bonchev–Trinajstić information content (AvgIpc) is 2.81. The van der Waals surface area contributed by atoms with E-state index in [0.717, 1.165) is 10.4 Å². The second-order valence-electron chi connectivity index (χ2n) is 4.18. The number of methoxy groups -OCH3 is 1. The smallest absolute Gasteiger partial charge is 0.339 e. The molecule has 1 heterocycles. The molecule has 0 fully saturated rings. The lowest BCUT2D eigenvalue weighted by atomic mass is 10.1. The highest BCUT2D eigenvalue weighted by Crippen LogP contribution is 2.24. The molecule has 0 amide bonds. The summed E-state index contributed by atoms with van der Waals surface area (Å²) < 4.78 is 4.71. The zero-order valence-corrected chi connectivity index (χ0v) is 11.6. The summed E-state index contributed by atoms with van der Waals surface area (Å²) in [6.07, 6.45) is 0.296. The first-order valence-corrected chi connectivity index (χ1v) is 6.69. The summed E-state index contributed by atoms with van der Waals surface area (Å²) in [5, 5.41) is 0. The second kappa shape index (κ2) is 5.80. The van der Waals surface area contributed by atoms with E-state index in [0.29, 0.717) is 16.9 Å². The van der Waals surface area contributed by atoms with Crippen molar-refractivity contribution in [3.05, 3.63) is 57.3 Å². The van der Waals surface area contributed by atoms with Gasteiger partial charge in [0.25, 0.3) is 0 Å². The van der Waals surface area contributed by atoms with Gasteiger partial charge >= 0.3 is 5.97 Å². The number of ether oxygens (including phenoxy) is 1. The van der Waals surface area contributed by atoms with Crippen molar-refractivity contribution in [2.45, 2.75) is 13.3 Å². The Kier molecular flexibility index (Phi) is 4.12. The molecule has 0 saturated heterocycles. The van der Waals surface area contributed by atoms with E-state index in [-0.39, 0.29) is 5.78 Å². The van der Waals surface area contributed by atoms with E-state index in [4.69, 9.17) is 4.74 Å². The van der Waals surface area contributed by atoms with Gasteiger partial charge in [-0.15, -0.1) is 11.3 Å². The third-order valence-corrected chi connectivity index (χ3v) is 3.81. The van der Waals surface area contributed by atoms with E-state index in [1.807, 2.05) is 37.3 Å². The Balaban J connectivity index is 2.26. The summed E-state index contributed by atoms with van der Waals surface area (Å²) in [4.78, 5) is 25.3. The van der Waals surface area contributed by atoms with Crippen LogP contribution < -0.4 is 0 Å². The molecule has 0 unspecified atom stereocenters. The normalized spacial score (nSPS) is 10.2. The quantitative estimate of drug-likeness (QED) is 0.635. The third-order valence-electron chi connectivity index (χ3n) is 2.72. The van der Waals surface area contributed by atoms with Crippen LogP contribution >= 0.6 is 11.3 Å². The Morgan fingerprint density at radius 3 is 2.53 bits per heavy atom. The Morgan fingerprint density at radius 2 is 1.89 bits per heavy atom. The summed E-state index contributed by atoms with van der Waals surface area (Å²) in [6, 6.07) is 11.2. The lowest BCUT2D eigenvalue weighted by Gasteiger charge is -2.02. The van der Waals surface area contributed by atoms with Crippen molar-refractivity contribution in [3.63, 3.8) is 0 Å². The fourth-order valence-corrected chi connectivity index (χ4v) is 2.78. The van der Waals surface area contributed by atoms with Crippen LogP contribution in [0.2, 0.25) is 0 Å². The minimum atomic E-state index is -0.458.